The first-order valence-corrected chi connectivity index (χ1v) is 15.5. The second-order valence-corrected chi connectivity index (χ2v) is 12.9. The maximum Gasteiger partial charge on any atom is 0.240 e. The molecule has 0 bridgehead atoms. The largest absolute Gasteiger partial charge is 0.493 e. The molecule has 2 atom stereocenters. The summed E-state index contributed by atoms with van der Waals surface area (Å²) in [6.45, 7) is 7.23. The third-order valence-electron chi connectivity index (χ3n) is 7.44. The molecular formula is C31H37ClN4O5S. The van der Waals surface area contributed by atoms with Crippen LogP contribution in [0.5, 0.6) is 11.5 Å². The molecule has 0 unspecified atom stereocenters. The lowest BCUT2D eigenvalue weighted by Gasteiger charge is -2.25. The lowest BCUT2D eigenvalue weighted by atomic mass is 9.87. The predicted octanol–water partition coefficient (Wildman–Crippen LogP) is 5.30. The summed E-state index contributed by atoms with van der Waals surface area (Å²) < 4.78 is 18.5. The first-order chi connectivity index (χ1) is 20.1. The highest BCUT2D eigenvalue weighted by Gasteiger charge is 2.40. The maximum absolute atomic E-state index is 13.9. The number of ether oxygens (including phenoxy) is 3. The number of para-hydroxylation sites is 1. The van der Waals surface area contributed by atoms with E-state index in [1.807, 2.05) is 36.4 Å². The van der Waals surface area contributed by atoms with Crippen LogP contribution < -0.4 is 19.7 Å². The number of methoxy groups -OCH3 is 2. The minimum atomic E-state index is -0.396. The molecule has 2 aliphatic rings. The Morgan fingerprint density at radius 1 is 1.17 bits per heavy atom. The summed E-state index contributed by atoms with van der Waals surface area (Å²) in [4.78, 5) is 28.7. The van der Waals surface area contributed by atoms with Crippen LogP contribution in [0.4, 0.5) is 5.82 Å². The Bertz CT molecular complexity index is 1460. The maximum atomic E-state index is 13.9. The van der Waals surface area contributed by atoms with Gasteiger partial charge in [-0.2, -0.15) is 5.10 Å². The number of halogens is 1. The van der Waals surface area contributed by atoms with Crippen LogP contribution in [0.15, 0.2) is 42.5 Å². The number of hydrogen-bond acceptors (Lipinski definition) is 7. The molecule has 2 aliphatic heterocycles. The van der Waals surface area contributed by atoms with Crippen molar-refractivity contribution >= 4 is 41.0 Å². The van der Waals surface area contributed by atoms with Gasteiger partial charge in [-0.15, -0.1) is 11.8 Å². The number of carbonyl (C=O) groups excluding carboxylic acids is 2. The fourth-order valence-corrected chi connectivity index (χ4v) is 6.78. The Hall–Kier alpha value is -3.21. The van der Waals surface area contributed by atoms with Crippen LogP contribution >= 0.6 is 23.4 Å². The van der Waals surface area contributed by atoms with E-state index >= 15 is 0 Å². The van der Waals surface area contributed by atoms with Gasteiger partial charge in [0.15, 0.2) is 11.5 Å². The van der Waals surface area contributed by atoms with Crippen molar-refractivity contribution in [1.29, 1.82) is 0 Å². The van der Waals surface area contributed by atoms with E-state index in [9.17, 15) is 9.59 Å². The lowest BCUT2D eigenvalue weighted by Crippen LogP contribution is -2.44. The van der Waals surface area contributed by atoms with Gasteiger partial charge in [0, 0.05) is 24.1 Å². The van der Waals surface area contributed by atoms with E-state index in [1.165, 1.54) is 11.8 Å². The summed E-state index contributed by atoms with van der Waals surface area (Å²) >= 11 is 8.21. The van der Waals surface area contributed by atoms with E-state index in [-0.39, 0.29) is 35.5 Å². The molecule has 3 heterocycles. The van der Waals surface area contributed by atoms with Crippen molar-refractivity contribution < 1.29 is 23.8 Å². The number of anilines is 1. The highest BCUT2D eigenvalue weighted by atomic mass is 35.5. The van der Waals surface area contributed by atoms with Crippen molar-refractivity contribution in [2.75, 3.05) is 44.6 Å². The quantitative estimate of drug-likeness (QED) is 0.369. The first kappa shape index (κ1) is 30.3. The van der Waals surface area contributed by atoms with Crippen molar-refractivity contribution in [2.24, 2.45) is 0 Å². The number of rotatable bonds is 8. The minimum Gasteiger partial charge on any atom is -0.493 e. The molecule has 9 nitrogen and oxygen atoms in total. The number of nitrogens with zero attached hydrogens (tertiary/aromatic N) is 3. The Labute approximate surface area is 255 Å². The van der Waals surface area contributed by atoms with E-state index < -0.39 is 5.41 Å². The number of hydrogen-bond donors (Lipinski definition) is 1. The van der Waals surface area contributed by atoms with Crippen molar-refractivity contribution in [2.45, 2.75) is 50.4 Å². The third-order valence-corrected chi connectivity index (χ3v) is 9.02. The number of thioether (sulfide) groups is 1. The number of carbonyl (C=O) groups is 2. The summed E-state index contributed by atoms with van der Waals surface area (Å²) in [5.74, 6) is 1.46. The molecule has 3 aromatic rings. The van der Waals surface area contributed by atoms with Crippen LogP contribution in [-0.4, -0.2) is 67.4 Å². The van der Waals surface area contributed by atoms with Crippen molar-refractivity contribution in [1.82, 2.24) is 15.1 Å². The van der Waals surface area contributed by atoms with Gasteiger partial charge in [-0.05, 0) is 42.7 Å². The van der Waals surface area contributed by atoms with Crippen LogP contribution in [-0.2, 0) is 19.7 Å². The number of aromatic nitrogens is 2. The fraction of sp³-hybridized carbons (Fsp3) is 0.452. The van der Waals surface area contributed by atoms with Gasteiger partial charge in [0.05, 0.1) is 47.7 Å². The zero-order valence-electron chi connectivity index (χ0n) is 24.6. The molecular weight excluding hydrogens is 576 g/mol. The third kappa shape index (κ3) is 6.11. The van der Waals surface area contributed by atoms with Gasteiger partial charge in [-0.1, -0.05) is 50.6 Å². The Morgan fingerprint density at radius 3 is 2.60 bits per heavy atom. The van der Waals surface area contributed by atoms with Crippen LogP contribution in [0.2, 0.25) is 5.02 Å². The van der Waals surface area contributed by atoms with Gasteiger partial charge in [0.1, 0.15) is 12.4 Å². The summed E-state index contributed by atoms with van der Waals surface area (Å²) in [6.07, 6.45) is 1.89. The molecule has 0 radical (unpaired) electrons. The number of fused-ring (bicyclic) bond motifs is 1. The molecule has 1 saturated heterocycles. The standard InChI is InChI=1S/C31H37ClN4O5S/c1-31(2,3)29-27-28(19-12-13-23(39-4)24(15-19)40-5)42-18-26(38)35(17-25(37)33-16-20-9-8-14-41-20)30(27)36(34-29)22-11-7-6-10-21(22)32/h6-7,10-13,15,20,28H,8-9,14,16-18H2,1-5H3,(H,33,37)/t20-,28+/m1/s1. The number of amides is 2. The van der Waals surface area contributed by atoms with Gasteiger partial charge >= 0.3 is 0 Å². The summed E-state index contributed by atoms with van der Waals surface area (Å²) in [7, 11) is 3.20. The average Bonchev–Trinajstić information content (AvgIpc) is 3.61. The second-order valence-electron chi connectivity index (χ2n) is 11.4. The zero-order chi connectivity index (χ0) is 30.0. The normalized spacial score (nSPS) is 18.9. The Balaban J connectivity index is 1.68. The monoisotopic (exact) mass is 612 g/mol. The van der Waals surface area contributed by atoms with Gasteiger partial charge < -0.3 is 19.5 Å². The number of nitrogens with one attached hydrogen (secondary N) is 1. The van der Waals surface area contributed by atoms with Crippen LogP contribution in [0.1, 0.15) is 55.7 Å². The summed E-state index contributed by atoms with van der Waals surface area (Å²) in [5, 5.41) is 8.28. The van der Waals surface area contributed by atoms with Gasteiger partial charge in [-0.3, -0.25) is 14.5 Å². The topological polar surface area (TPSA) is 94.9 Å². The second kappa shape index (κ2) is 12.6. The summed E-state index contributed by atoms with van der Waals surface area (Å²) in [5.41, 5.74) is 2.83. The molecule has 11 heteroatoms. The van der Waals surface area contributed by atoms with Crippen molar-refractivity contribution in [3.63, 3.8) is 0 Å². The fourth-order valence-electron chi connectivity index (χ4n) is 5.38. The molecule has 224 valence electrons. The number of benzene rings is 2. The van der Waals surface area contributed by atoms with Crippen molar-refractivity contribution in [3.8, 4) is 17.2 Å². The molecule has 0 aliphatic carbocycles. The Kier molecular flexibility index (Phi) is 9.05. The van der Waals surface area contributed by atoms with Crippen molar-refractivity contribution in [3.05, 3.63) is 64.3 Å². The van der Waals surface area contributed by atoms with Crippen LogP contribution in [0.3, 0.4) is 0 Å². The smallest absolute Gasteiger partial charge is 0.240 e. The van der Waals surface area contributed by atoms with Crippen LogP contribution in [0, 0.1) is 0 Å². The van der Waals surface area contributed by atoms with E-state index in [0.717, 1.165) is 29.7 Å². The first-order valence-electron chi connectivity index (χ1n) is 14.0. The molecule has 42 heavy (non-hydrogen) atoms. The molecule has 0 saturated carbocycles. The van der Waals surface area contributed by atoms with E-state index in [1.54, 1.807) is 29.9 Å². The highest BCUT2D eigenvalue weighted by Crippen LogP contribution is 2.49. The average molecular weight is 613 g/mol. The van der Waals surface area contributed by atoms with Crippen LogP contribution in [0.25, 0.3) is 5.69 Å². The molecule has 2 aromatic carbocycles. The van der Waals surface area contributed by atoms with Gasteiger partial charge in [-0.25, -0.2) is 4.68 Å². The predicted molar refractivity (Wildman–Crippen MR) is 165 cm³/mol. The molecule has 1 fully saturated rings. The van der Waals surface area contributed by atoms with E-state index in [4.69, 9.17) is 30.9 Å². The molecule has 1 aromatic heterocycles. The summed E-state index contributed by atoms with van der Waals surface area (Å²) in [6, 6.07) is 13.2. The molecule has 1 N–H and O–H groups in total. The molecule has 2 amide bonds. The van der Waals surface area contributed by atoms with Gasteiger partial charge in [0.25, 0.3) is 0 Å². The lowest BCUT2D eigenvalue weighted by molar-refractivity contribution is -0.123. The molecule has 0 spiro atoms. The minimum absolute atomic E-state index is 0.00418. The van der Waals surface area contributed by atoms with E-state index in [0.29, 0.717) is 41.2 Å². The highest BCUT2D eigenvalue weighted by molar-refractivity contribution is 8.00. The molecule has 5 rings (SSSR count). The van der Waals surface area contributed by atoms with E-state index in [2.05, 4.69) is 26.1 Å². The SMILES string of the molecule is COc1ccc([C@@H]2SCC(=O)N(CC(=O)NC[C@H]3CCCO3)c3c2c(C(C)(C)C)nn3-c2ccccc2Cl)cc1OC. The van der Waals surface area contributed by atoms with Gasteiger partial charge in [0.2, 0.25) is 11.8 Å². The Morgan fingerprint density at radius 2 is 1.93 bits per heavy atom. The zero-order valence-corrected chi connectivity index (χ0v) is 26.2.